The van der Waals surface area contributed by atoms with Crippen LogP contribution in [-0.2, 0) is 14.8 Å². The van der Waals surface area contributed by atoms with E-state index in [-0.39, 0.29) is 24.6 Å². The van der Waals surface area contributed by atoms with Crippen molar-refractivity contribution in [2.24, 2.45) is 0 Å². The topological polar surface area (TPSA) is 75.7 Å². The van der Waals surface area contributed by atoms with Gasteiger partial charge in [-0.05, 0) is 58.7 Å². The molecule has 0 saturated heterocycles. The highest BCUT2D eigenvalue weighted by Gasteiger charge is 2.27. The highest BCUT2D eigenvalue weighted by atomic mass is 32.2. The number of ether oxygens (including phenoxy) is 1. The van der Waals surface area contributed by atoms with Crippen molar-refractivity contribution < 1.29 is 17.9 Å². The van der Waals surface area contributed by atoms with Crippen LogP contribution >= 0.6 is 0 Å². The number of nitrogens with zero attached hydrogens (tertiary/aromatic N) is 1. The Kier molecular flexibility index (Phi) is 7.90. The quantitative estimate of drug-likeness (QED) is 0.297. The summed E-state index contributed by atoms with van der Waals surface area (Å²) in [5.41, 5.74) is 1.52. The second-order valence-corrected chi connectivity index (χ2v) is 10.6. The van der Waals surface area contributed by atoms with E-state index < -0.39 is 15.9 Å². The summed E-state index contributed by atoms with van der Waals surface area (Å²) in [6.45, 7) is 4.31. The number of carbonyl (C=O) groups is 1. The molecule has 1 amide bonds. The highest BCUT2D eigenvalue weighted by Crippen LogP contribution is 2.26. The summed E-state index contributed by atoms with van der Waals surface area (Å²) in [6.07, 6.45) is 0. The van der Waals surface area contributed by atoms with Crippen molar-refractivity contribution >= 4 is 32.4 Å². The zero-order valence-electron chi connectivity index (χ0n) is 20.4. The molecule has 6 nitrogen and oxygen atoms in total. The van der Waals surface area contributed by atoms with Gasteiger partial charge >= 0.3 is 0 Å². The fraction of sp³-hybridized carbons (Fsp3) is 0.207. The van der Waals surface area contributed by atoms with Crippen LogP contribution in [0, 0.1) is 0 Å². The minimum absolute atomic E-state index is 0.130. The van der Waals surface area contributed by atoms with Crippen LogP contribution in [0.3, 0.4) is 0 Å². The third-order valence-corrected chi connectivity index (χ3v) is 7.67. The zero-order chi connectivity index (χ0) is 25.5. The number of hydrogen-bond acceptors (Lipinski definition) is 4. The van der Waals surface area contributed by atoms with Crippen molar-refractivity contribution in [2.45, 2.75) is 24.7 Å². The zero-order valence-corrected chi connectivity index (χ0v) is 21.2. The second kappa shape index (κ2) is 11.3. The monoisotopic (exact) mass is 502 g/mol. The van der Waals surface area contributed by atoms with Crippen LogP contribution in [0.1, 0.15) is 25.3 Å². The molecule has 0 heterocycles. The van der Waals surface area contributed by atoms with Gasteiger partial charge in [0.2, 0.25) is 5.91 Å². The number of anilines is 1. The maximum Gasteiger partial charge on any atom is 0.264 e. The lowest BCUT2D eigenvalue weighted by atomic mass is 10.0. The Labute approximate surface area is 212 Å². The average molecular weight is 503 g/mol. The van der Waals surface area contributed by atoms with Gasteiger partial charge in [0.25, 0.3) is 10.0 Å². The molecular formula is C29H30N2O4S. The first-order valence-electron chi connectivity index (χ1n) is 11.9. The lowest BCUT2D eigenvalue weighted by molar-refractivity contribution is -0.119. The van der Waals surface area contributed by atoms with E-state index in [1.807, 2.05) is 54.6 Å². The average Bonchev–Trinajstić information content (AvgIpc) is 2.90. The highest BCUT2D eigenvalue weighted by molar-refractivity contribution is 7.92. The Morgan fingerprint density at radius 3 is 2.22 bits per heavy atom. The summed E-state index contributed by atoms with van der Waals surface area (Å²) < 4.78 is 33.8. The van der Waals surface area contributed by atoms with Crippen LogP contribution in [0.4, 0.5) is 5.69 Å². The summed E-state index contributed by atoms with van der Waals surface area (Å²) >= 11 is 0. The smallest absolute Gasteiger partial charge is 0.264 e. The standard InChI is InChI=1S/C29H30N2O4S/c1-22(2)23-12-15-26(16-13-23)31(36(33,34)28-10-4-3-5-11-28)21-29(32)30-18-19-35-27-17-14-24-8-6-7-9-25(24)20-27/h3-17,20,22H,18-19,21H2,1-2H3,(H,30,32). The second-order valence-electron chi connectivity index (χ2n) is 8.78. The van der Waals surface area contributed by atoms with Gasteiger partial charge in [-0.25, -0.2) is 8.42 Å². The van der Waals surface area contributed by atoms with Gasteiger partial charge < -0.3 is 10.1 Å². The molecule has 4 aromatic carbocycles. The molecule has 0 aromatic heterocycles. The van der Waals surface area contributed by atoms with Crippen molar-refractivity contribution in [3.63, 3.8) is 0 Å². The van der Waals surface area contributed by atoms with Crippen molar-refractivity contribution in [3.05, 3.63) is 103 Å². The van der Waals surface area contributed by atoms with E-state index in [0.717, 1.165) is 20.6 Å². The number of sulfonamides is 1. The Bertz CT molecular complexity index is 1420. The summed E-state index contributed by atoms with van der Waals surface area (Å²) in [4.78, 5) is 12.9. The number of fused-ring (bicyclic) bond motifs is 1. The first kappa shape index (κ1) is 25.3. The summed E-state index contributed by atoms with van der Waals surface area (Å²) in [5.74, 6) is 0.607. The van der Waals surface area contributed by atoms with E-state index in [1.54, 1.807) is 30.3 Å². The third kappa shape index (κ3) is 6.04. The van der Waals surface area contributed by atoms with E-state index in [4.69, 9.17) is 4.74 Å². The lowest BCUT2D eigenvalue weighted by Crippen LogP contribution is -2.41. The normalized spacial score (nSPS) is 11.4. The van der Waals surface area contributed by atoms with Crippen molar-refractivity contribution in [1.82, 2.24) is 5.32 Å². The van der Waals surface area contributed by atoms with E-state index in [2.05, 4.69) is 19.2 Å². The summed E-state index contributed by atoms with van der Waals surface area (Å²) in [7, 11) is -3.94. The summed E-state index contributed by atoms with van der Waals surface area (Å²) in [6, 6.07) is 29.2. The number of amides is 1. The van der Waals surface area contributed by atoms with Crippen molar-refractivity contribution in [3.8, 4) is 5.75 Å². The molecule has 0 aliphatic heterocycles. The molecule has 0 bridgehead atoms. The first-order valence-corrected chi connectivity index (χ1v) is 13.3. The van der Waals surface area contributed by atoms with Crippen LogP contribution in [-0.4, -0.2) is 34.0 Å². The molecule has 0 aliphatic carbocycles. The maximum atomic E-state index is 13.4. The van der Waals surface area contributed by atoms with Crippen LogP contribution in [0.15, 0.2) is 102 Å². The van der Waals surface area contributed by atoms with Gasteiger partial charge in [-0.1, -0.05) is 74.5 Å². The van der Waals surface area contributed by atoms with Gasteiger partial charge in [-0.2, -0.15) is 0 Å². The molecule has 0 aliphatic rings. The van der Waals surface area contributed by atoms with Gasteiger partial charge in [0.05, 0.1) is 17.1 Å². The molecule has 4 rings (SSSR count). The SMILES string of the molecule is CC(C)c1ccc(N(CC(=O)NCCOc2ccc3ccccc3c2)S(=O)(=O)c2ccccc2)cc1. The molecule has 0 saturated carbocycles. The van der Waals surface area contributed by atoms with Gasteiger partial charge in [-0.15, -0.1) is 0 Å². The minimum Gasteiger partial charge on any atom is -0.492 e. The third-order valence-electron chi connectivity index (χ3n) is 5.88. The minimum atomic E-state index is -3.94. The molecule has 0 spiro atoms. The molecule has 0 fully saturated rings. The molecule has 0 radical (unpaired) electrons. The van der Waals surface area contributed by atoms with E-state index in [0.29, 0.717) is 17.4 Å². The predicted octanol–water partition coefficient (Wildman–Crippen LogP) is 5.35. The van der Waals surface area contributed by atoms with Gasteiger partial charge in [0.15, 0.2) is 0 Å². The Morgan fingerprint density at radius 2 is 1.53 bits per heavy atom. The van der Waals surface area contributed by atoms with Gasteiger partial charge in [0, 0.05) is 0 Å². The van der Waals surface area contributed by atoms with Crippen LogP contribution in [0.2, 0.25) is 0 Å². The van der Waals surface area contributed by atoms with Crippen molar-refractivity contribution in [1.29, 1.82) is 0 Å². The molecule has 1 N–H and O–H groups in total. The Morgan fingerprint density at radius 1 is 0.861 bits per heavy atom. The first-order chi connectivity index (χ1) is 17.3. The number of rotatable bonds is 10. The molecule has 186 valence electrons. The fourth-order valence-electron chi connectivity index (χ4n) is 3.86. The lowest BCUT2D eigenvalue weighted by Gasteiger charge is -2.24. The van der Waals surface area contributed by atoms with E-state index in [1.165, 1.54) is 12.1 Å². The van der Waals surface area contributed by atoms with Crippen LogP contribution in [0.5, 0.6) is 5.75 Å². The number of benzene rings is 4. The fourth-order valence-corrected chi connectivity index (χ4v) is 5.31. The van der Waals surface area contributed by atoms with Gasteiger partial charge in [-0.3, -0.25) is 9.10 Å². The molecule has 7 heteroatoms. The molecule has 4 aromatic rings. The molecular weight excluding hydrogens is 472 g/mol. The van der Waals surface area contributed by atoms with Gasteiger partial charge in [0.1, 0.15) is 18.9 Å². The Hall–Kier alpha value is -3.84. The molecule has 36 heavy (non-hydrogen) atoms. The van der Waals surface area contributed by atoms with Crippen molar-refractivity contribution in [2.75, 3.05) is 24.0 Å². The number of hydrogen-bond donors (Lipinski definition) is 1. The molecule has 0 unspecified atom stereocenters. The summed E-state index contributed by atoms with van der Waals surface area (Å²) in [5, 5.41) is 4.97. The number of carbonyl (C=O) groups excluding carboxylic acids is 1. The Balaban J connectivity index is 1.42. The largest absolute Gasteiger partial charge is 0.492 e. The molecule has 0 atom stereocenters. The predicted molar refractivity (Wildman–Crippen MR) is 144 cm³/mol. The van der Waals surface area contributed by atoms with Crippen LogP contribution < -0.4 is 14.4 Å². The number of nitrogens with one attached hydrogen (secondary N) is 1. The van der Waals surface area contributed by atoms with E-state index in [9.17, 15) is 13.2 Å². The maximum absolute atomic E-state index is 13.4. The van der Waals surface area contributed by atoms with Crippen LogP contribution in [0.25, 0.3) is 10.8 Å². The van der Waals surface area contributed by atoms with E-state index >= 15 is 0 Å².